The molecule has 1 aliphatic rings. The van der Waals surface area contributed by atoms with Crippen LogP contribution in [0.2, 0.25) is 0 Å². The summed E-state index contributed by atoms with van der Waals surface area (Å²) in [6.07, 6.45) is 1.85. The van der Waals surface area contributed by atoms with Gasteiger partial charge in [0, 0.05) is 12.5 Å². The first kappa shape index (κ1) is 7.73. The molecule has 10 heavy (non-hydrogen) atoms. The average molecular weight is 141 g/mol. The Balaban J connectivity index is 2.39. The number of likely N-dealkylation sites (tertiary alicyclic amines) is 1. The summed E-state index contributed by atoms with van der Waals surface area (Å²) in [6.45, 7) is 6.05. The van der Waals surface area contributed by atoms with E-state index < -0.39 is 0 Å². The summed E-state index contributed by atoms with van der Waals surface area (Å²) >= 11 is 0. The normalized spacial score (nSPS) is 22.1. The number of piperidine rings is 1. The molecule has 58 valence electrons. The first-order chi connectivity index (χ1) is 4.70. The largest absolute Gasteiger partial charge is 0.298 e. The Morgan fingerprint density at radius 3 is 2.60 bits per heavy atom. The first-order valence-electron chi connectivity index (χ1n) is 3.96. The average Bonchev–Trinajstić information content (AvgIpc) is 1.88. The van der Waals surface area contributed by atoms with E-state index in [0.29, 0.717) is 18.4 Å². The third kappa shape index (κ3) is 1.81. The SMILES string of the molecule is CC(C)N1CCCC(=O)C1. The molecule has 0 aliphatic carbocycles. The molecule has 0 spiro atoms. The van der Waals surface area contributed by atoms with Crippen LogP contribution in [0.1, 0.15) is 26.7 Å². The second-order valence-electron chi connectivity index (χ2n) is 3.21. The van der Waals surface area contributed by atoms with E-state index in [2.05, 4.69) is 18.7 Å². The fraction of sp³-hybridized carbons (Fsp3) is 0.875. The Morgan fingerprint density at radius 2 is 2.20 bits per heavy atom. The monoisotopic (exact) mass is 141 g/mol. The Kier molecular flexibility index (Phi) is 2.44. The highest BCUT2D eigenvalue weighted by molar-refractivity contribution is 5.81. The van der Waals surface area contributed by atoms with Crippen molar-refractivity contribution >= 4 is 5.78 Å². The maximum atomic E-state index is 10.9. The molecule has 0 N–H and O–H groups in total. The molecule has 0 aromatic rings. The van der Waals surface area contributed by atoms with E-state index in [9.17, 15) is 4.79 Å². The molecule has 0 unspecified atom stereocenters. The minimum atomic E-state index is 0.403. The molecule has 0 saturated carbocycles. The summed E-state index contributed by atoms with van der Waals surface area (Å²) in [7, 11) is 0. The third-order valence-electron chi connectivity index (χ3n) is 2.01. The van der Waals surface area contributed by atoms with Crippen LogP contribution >= 0.6 is 0 Å². The fourth-order valence-corrected chi connectivity index (χ4v) is 1.30. The van der Waals surface area contributed by atoms with Gasteiger partial charge >= 0.3 is 0 Å². The van der Waals surface area contributed by atoms with Gasteiger partial charge in [-0.25, -0.2) is 0 Å². The van der Waals surface area contributed by atoms with E-state index in [-0.39, 0.29) is 0 Å². The number of nitrogens with zero attached hydrogens (tertiary/aromatic N) is 1. The Morgan fingerprint density at radius 1 is 1.50 bits per heavy atom. The number of Topliss-reactive ketones (excluding diaryl/α,β-unsaturated/α-hetero) is 1. The van der Waals surface area contributed by atoms with E-state index in [4.69, 9.17) is 0 Å². The second kappa shape index (κ2) is 3.15. The van der Waals surface area contributed by atoms with Crippen LogP contribution in [0.5, 0.6) is 0 Å². The molecule has 1 heterocycles. The number of ketones is 1. The van der Waals surface area contributed by atoms with Crippen molar-refractivity contribution < 1.29 is 4.79 Å². The molecule has 0 aromatic carbocycles. The lowest BCUT2D eigenvalue weighted by Crippen LogP contribution is -2.40. The summed E-state index contributed by atoms with van der Waals surface area (Å²) in [5, 5.41) is 0. The molecule has 2 nitrogen and oxygen atoms in total. The van der Waals surface area contributed by atoms with Crippen LogP contribution in [0.15, 0.2) is 0 Å². The van der Waals surface area contributed by atoms with Crippen molar-refractivity contribution in [3.05, 3.63) is 0 Å². The highest BCUT2D eigenvalue weighted by Gasteiger charge is 2.18. The molecule has 0 bridgehead atoms. The number of hydrogen-bond donors (Lipinski definition) is 0. The lowest BCUT2D eigenvalue weighted by atomic mass is 10.1. The minimum absolute atomic E-state index is 0.403. The van der Waals surface area contributed by atoms with Crippen molar-refractivity contribution in [1.29, 1.82) is 0 Å². The summed E-state index contributed by atoms with van der Waals surface area (Å²) in [6, 6.07) is 0.532. The van der Waals surface area contributed by atoms with Crippen molar-refractivity contribution in [2.45, 2.75) is 32.7 Å². The Labute approximate surface area is 62.2 Å². The zero-order chi connectivity index (χ0) is 7.56. The molecule has 1 saturated heterocycles. The predicted molar refractivity (Wildman–Crippen MR) is 41.0 cm³/mol. The molecule has 0 amide bonds. The Bertz CT molecular complexity index is 131. The molecule has 0 radical (unpaired) electrons. The molecular formula is C8H15NO. The molecular weight excluding hydrogens is 126 g/mol. The summed E-state index contributed by atoms with van der Waals surface area (Å²) in [5.74, 6) is 0.403. The van der Waals surface area contributed by atoms with E-state index in [1.165, 1.54) is 0 Å². The van der Waals surface area contributed by atoms with Crippen LogP contribution < -0.4 is 0 Å². The molecule has 0 aromatic heterocycles. The van der Waals surface area contributed by atoms with Gasteiger partial charge in [0.15, 0.2) is 0 Å². The van der Waals surface area contributed by atoms with Crippen molar-refractivity contribution in [1.82, 2.24) is 4.90 Å². The van der Waals surface area contributed by atoms with Crippen molar-refractivity contribution in [3.63, 3.8) is 0 Å². The predicted octanol–water partition coefficient (Wildman–Crippen LogP) is 1.06. The maximum absolute atomic E-state index is 10.9. The van der Waals surface area contributed by atoms with Gasteiger partial charge < -0.3 is 0 Å². The van der Waals surface area contributed by atoms with E-state index in [1.807, 2.05) is 0 Å². The maximum Gasteiger partial charge on any atom is 0.146 e. The highest BCUT2D eigenvalue weighted by Crippen LogP contribution is 2.08. The molecule has 1 fully saturated rings. The highest BCUT2D eigenvalue weighted by atomic mass is 16.1. The van der Waals surface area contributed by atoms with Crippen LogP contribution in [-0.4, -0.2) is 29.8 Å². The van der Waals surface area contributed by atoms with Crippen LogP contribution in [0, 0.1) is 0 Å². The van der Waals surface area contributed by atoms with E-state index >= 15 is 0 Å². The van der Waals surface area contributed by atoms with Crippen LogP contribution in [-0.2, 0) is 4.79 Å². The van der Waals surface area contributed by atoms with Crippen molar-refractivity contribution in [3.8, 4) is 0 Å². The molecule has 2 heteroatoms. The summed E-state index contributed by atoms with van der Waals surface area (Å²) in [5.41, 5.74) is 0. The standard InChI is InChI=1S/C8H15NO/c1-7(2)9-5-3-4-8(10)6-9/h7H,3-6H2,1-2H3. The zero-order valence-corrected chi connectivity index (χ0v) is 6.76. The van der Waals surface area contributed by atoms with E-state index in [0.717, 1.165) is 19.4 Å². The molecule has 1 rings (SSSR count). The van der Waals surface area contributed by atoms with Gasteiger partial charge in [-0.3, -0.25) is 9.69 Å². The molecule has 1 aliphatic heterocycles. The van der Waals surface area contributed by atoms with Gasteiger partial charge in [0.1, 0.15) is 5.78 Å². The van der Waals surface area contributed by atoms with Crippen LogP contribution in [0.4, 0.5) is 0 Å². The summed E-state index contributed by atoms with van der Waals surface area (Å²) < 4.78 is 0. The zero-order valence-electron chi connectivity index (χ0n) is 6.76. The van der Waals surface area contributed by atoms with Gasteiger partial charge in [-0.2, -0.15) is 0 Å². The van der Waals surface area contributed by atoms with Crippen molar-refractivity contribution in [2.75, 3.05) is 13.1 Å². The third-order valence-corrected chi connectivity index (χ3v) is 2.01. The van der Waals surface area contributed by atoms with Gasteiger partial charge in [0.05, 0.1) is 6.54 Å². The Hall–Kier alpha value is -0.370. The smallest absolute Gasteiger partial charge is 0.146 e. The fourth-order valence-electron chi connectivity index (χ4n) is 1.30. The lowest BCUT2D eigenvalue weighted by Gasteiger charge is -2.28. The van der Waals surface area contributed by atoms with Gasteiger partial charge in [-0.1, -0.05) is 0 Å². The number of rotatable bonds is 1. The van der Waals surface area contributed by atoms with Crippen molar-refractivity contribution in [2.24, 2.45) is 0 Å². The van der Waals surface area contributed by atoms with Crippen LogP contribution in [0.25, 0.3) is 0 Å². The van der Waals surface area contributed by atoms with Gasteiger partial charge in [-0.15, -0.1) is 0 Å². The van der Waals surface area contributed by atoms with Crippen LogP contribution in [0.3, 0.4) is 0 Å². The number of carbonyl (C=O) groups excluding carboxylic acids is 1. The molecule has 0 atom stereocenters. The van der Waals surface area contributed by atoms with Gasteiger partial charge in [0.25, 0.3) is 0 Å². The van der Waals surface area contributed by atoms with Gasteiger partial charge in [0.2, 0.25) is 0 Å². The summed E-state index contributed by atoms with van der Waals surface area (Å²) in [4.78, 5) is 13.2. The van der Waals surface area contributed by atoms with E-state index in [1.54, 1.807) is 0 Å². The minimum Gasteiger partial charge on any atom is -0.298 e. The van der Waals surface area contributed by atoms with Gasteiger partial charge in [-0.05, 0) is 26.8 Å². The number of hydrogen-bond acceptors (Lipinski definition) is 2. The first-order valence-corrected chi connectivity index (χ1v) is 3.96. The topological polar surface area (TPSA) is 20.3 Å². The second-order valence-corrected chi connectivity index (χ2v) is 3.21. The number of carbonyl (C=O) groups is 1. The lowest BCUT2D eigenvalue weighted by molar-refractivity contribution is -0.122. The quantitative estimate of drug-likeness (QED) is 0.544.